The maximum Gasteiger partial charge on any atom is 0.135 e. The second-order valence-corrected chi connectivity index (χ2v) is 7.53. The van der Waals surface area contributed by atoms with Crippen molar-refractivity contribution in [3.05, 3.63) is 71.9 Å². The number of hydrogen-bond acceptors (Lipinski definition) is 5. The van der Waals surface area contributed by atoms with E-state index in [1.165, 1.54) is 5.56 Å². The van der Waals surface area contributed by atoms with E-state index in [0.717, 1.165) is 50.1 Å². The maximum absolute atomic E-state index is 4.86. The number of pyridine rings is 3. The zero-order valence-electron chi connectivity index (χ0n) is 15.1. The third kappa shape index (κ3) is 2.63. The van der Waals surface area contributed by atoms with Crippen LogP contribution < -0.4 is 0 Å². The molecule has 0 saturated carbocycles. The summed E-state index contributed by atoms with van der Waals surface area (Å²) in [5, 5.41) is 13.0. The summed E-state index contributed by atoms with van der Waals surface area (Å²) < 4.78 is 0. The summed E-state index contributed by atoms with van der Waals surface area (Å²) >= 11 is 1.68. The van der Waals surface area contributed by atoms with Gasteiger partial charge < -0.3 is 4.98 Å². The Morgan fingerprint density at radius 2 is 1.90 bits per heavy atom. The molecule has 0 aliphatic carbocycles. The van der Waals surface area contributed by atoms with Crippen LogP contribution in [0.1, 0.15) is 0 Å². The number of thiophene rings is 1. The fourth-order valence-corrected chi connectivity index (χ4v) is 4.24. The van der Waals surface area contributed by atoms with E-state index in [-0.39, 0.29) is 0 Å². The average Bonchev–Trinajstić information content (AvgIpc) is 3.52. The van der Waals surface area contributed by atoms with E-state index in [2.05, 4.69) is 48.0 Å². The van der Waals surface area contributed by atoms with Gasteiger partial charge in [0.15, 0.2) is 0 Å². The van der Waals surface area contributed by atoms with Crippen molar-refractivity contribution in [1.29, 1.82) is 0 Å². The Hall–Kier alpha value is -3.84. The summed E-state index contributed by atoms with van der Waals surface area (Å²) in [4.78, 5) is 16.9. The lowest BCUT2D eigenvalue weighted by Gasteiger charge is -2.00. The van der Waals surface area contributed by atoms with Crippen LogP contribution >= 0.6 is 11.3 Å². The normalized spacial score (nSPS) is 11.4. The molecule has 6 nitrogen and oxygen atoms in total. The van der Waals surface area contributed by atoms with Gasteiger partial charge in [0.05, 0.1) is 28.6 Å². The van der Waals surface area contributed by atoms with Crippen molar-refractivity contribution < 1.29 is 0 Å². The minimum atomic E-state index is 0.790. The topological polar surface area (TPSA) is 83.1 Å². The first-order chi connectivity index (χ1) is 14.4. The van der Waals surface area contributed by atoms with Gasteiger partial charge in [0.1, 0.15) is 11.2 Å². The van der Waals surface area contributed by atoms with E-state index < -0.39 is 0 Å². The van der Waals surface area contributed by atoms with Crippen molar-refractivity contribution in [1.82, 2.24) is 30.1 Å². The Kier molecular flexibility index (Phi) is 3.54. The fourth-order valence-electron chi connectivity index (χ4n) is 3.59. The zero-order valence-corrected chi connectivity index (χ0v) is 15.9. The quantitative estimate of drug-likeness (QED) is 0.427. The zero-order chi connectivity index (χ0) is 19.2. The van der Waals surface area contributed by atoms with Crippen molar-refractivity contribution in [3.63, 3.8) is 0 Å². The monoisotopic (exact) mass is 394 g/mol. The SMILES string of the molecule is c1cncc(-c2ccc3[nH]nc(-c4cc5c(-c6ccsc6)cncc5[nH]4)c3n2)c1. The Morgan fingerprint density at radius 3 is 2.76 bits per heavy atom. The first-order valence-corrected chi connectivity index (χ1v) is 10.1. The van der Waals surface area contributed by atoms with Crippen LogP contribution in [0.2, 0.25) is 0 Å². The number of hydrogen-bond donors (Lipinski definition) is 2. The van der Waals surface area contributed by atoms with E-state index in [1.54, 1.807) is 17.5 Å². The first-order valence-electron chi connectivity index (χ1n) is 9.12. The molecule has 0 amide bonds. The van der Waals surface area contributed by atoms with E-state index in [0.29, 0.717) is 0 Å². The number of nitrogens with one attached hydrogen (secondary N) is 2. The van der Waals surface area contributed by atoms with Gasteiger partial charge in [-0.2, -0.15) is 16.4 Å². The van der Waals surface area contributed by atoms with Crippen molar-refractivity contribution >= 4 is 33.3 Å². The number of rotatable bonds is 3. The van der Waals surface area contributed by atoms with Crippen molar-refractivity contribution in [3.8, 4) is 33.8 Å². The lowest BCUT2D eigenvalue weighted by atomic mass is 10.1. The highest BCUT2D eigenvalue weighted by Gasteiger charge is 2.15. The van der Waals surface area contributed by atoms with Gasteiger partial charge >= 0.3 is 0 Å². The van der Waals surface area contributed by atoms with E-state index >= 15 is 0 Å². The molecular formula is C22H14N6S. The average molecular weight is 394 g/mol. The number of H-pyrrole nitrogens is 2. The highest BCUT2D eigenvalue weighted by atomic mass is 32.1. The molecular weight excluding hydrogens is 380 g/mol. The van der Waals surface area contributed by atoms with Crippen LogP contribution in [0.15, 0.2) is 71.9 Å². The number of aromatic amines is 2. The summed E-state index contributed by atoms with van der Waals surface area (Å²) in [6.45, 7) is 0. The van der Waals surface area contributed by atoms with E-state index in [4.69, 9.17) is 4.98 Å². The first kappa shape index (κ1) is 16.1. The summed E-state index contributed by atoms with van der Waals surface area (Å²) in [5.41, 5.74) is 8.50. The van der Waals surface area contributed by atoms with Gasteiger partial charge in [-0.1, -0.05) is 0 Å². The van der Waals surface area contributed by atoms with Crippen LogP contribution in [0.4, 0.5) is 0 Å². The van der Waals surface area contributed by atoms with Crippen LogP contribution in [-0.2, 0) is 0 Å². The summed E-state index contributed by atoms with van der Waals surface area (Å²) in [6.07, 6.45) is 7.33. The van der Waals surface area contributed by atoms with Gasteiger partial charge in [-0.3, -0.25) is 15.1 Å². The van der Waals surface area contributed by atoms with E-state index in [1.807, 2.05) is 42.9 Å². The fraction of sp³-hybridized carbons (Fsp3) is 0. The standard InChI is InChI=1S/C22H14N6S/c1-2-13(9-23-6-1)17-3-4-18-21(26-17)22(28-27-18)19-8-15-16(14-5-7-29-12-14)10-24-11-20(15)25-19/h1-12,25H,(H,27,28). The molecule has 0 unspecified atom stereocenters. The van der Waals surface area contributed by atoms with Crippen molar-refractivity contribution in [2.24, 2.45) is 0 Å². The van der Waals surface area contributed by atoms with E-state index in [9.17, 15) is 0 Å². The molecule has 0 aliphatic heterocycles. The predicted molar refractivity (Wildman–Crippen MR) is 116 cm³/mol. The minimum Gasteiger partial charge on any atom is -0.352 e. The Labute approximate surface area is 169 Å². The highest BCUT2D eigenvalue weighted by molar-refractivity contribution is 7.08. The molecule has 138 valence electrons. The smallest absolute Gasteiger partial charge is 0.135 e. The van der Waals surface area contributed by atoms with Crippen LogP contribution in [0, 0.1) is 0 Å². The molecule has 0 aromatic carbocycles. The van der Waals surface area contributed by atoms with Crippen molar-refractivity contribution in [2.45, 2.75) is 0 Å². The molecule has 7 heteroatoms. The van der Waals surface area contributed by atoms with Crippen LogP contribution in [0.5, 0.6) is 0 Å². The third-order valence-electron chi connectivity index (χ3n) is 5.00. The Morgan fingerprint density at radius 1 is 0.897 bits per heavy atom. The van der Waals surface area contributed by atoms with Gasteiger partial charge in [0.25, 0.3) is 0 Å². The number of fused-ring (bicyclic) bond motifs is 2. The summed E-state index contributed by atoms with van der Waals surface area (Å²) in [6, 6.07) is 12.1. The molecule has 0 aliphatic rings. The summed E-state index contributed by atoms with van der Waals surface area (Å²) in [7, 11) is 0. The second-order valence-electron chi connectivity index (χ2n) is 6.75. The number of aromatic nitrogens is 6. The van der Waals surface area contributed by atoms with Crippen LogP contribution in [0.3, 0.4) is 0 Å². The van der Waals surface area contributed by atoms with Gasteiger partial charge in [-0.15, -0.1) is 0 Å². The molecule has 0 radical (unpaired) electrons. The molecule has 0 fully saturated rings. The summed E-state index contributed by atoms with van der Waals surface area (Å²) in [5.74, 6) is 0. The lowest BCUT2D eigenvalue weighted by Crippen LogP contribution is -1.86. The second kappa shape index (κ2) is 6.35. The molecule has 6 aromatic heterocycles. The minimum absolute atomic E-state index is 0.790. The molecule has 0 bridgehead atoms. The number of nitrogens with zero attached hydrogens (tertiary/aromatic N) is 4. The molecule has 2 N–H and O–H groups in total. The third-order valence-corrected chi connectivity index (χ3v) is 5.68. The molecule has 29 heavy (non-hydrogen) atoms. The van der Waals surface area contributed by atoms with Crippen molar-refractivity contribution in [2.75, 3.05) is 0 Å². The van der Waals surface area contributed by atoms with Crippen LogP contribution in [0.25, 0.3) is 55.7 Å². The highest BCUT2D eigenvalue weighted by Crippen LogP contribution is 2.34. The largest absolute Gasteiger partial charge is 0.352 e. The lowest BCUT2D eigenvalue weighted by molar-refractivity contribution is 1.12. The predicted octanol–water partition coefficient (Wildman–Crippen LogP) is 5.29. The van der Waals surface area contributed by atoms with Gasteiger partial charge in [0, 0.05) is 35.1 Å². The Balaban J connectivity index is 1.53. The molecule has 6 heterocycles. The van der Waals surface area contributed by atoms with Gasteiger partial charge in [-0.25, -0.2) is 4.98 Å². The molecule has 0 atom stereocenters. The molecule has 6 rings (SSSR count). The molecule has 6 aromatic rings. The van der Waals surface area contributed by atoms with Gasteiger partial charge in [0.2, 0.25) is 0 Å². The maximum atomic E-state index is 4.86. The molecule has 0 saturated heterocycles. The molecule has 0 spiro atoms. The van der Waals surface area contributed by atoms with Gasteiger partial charge in [-0.05, 0) is 52.7 Å². The Bertz CT molecular complexity index is 1450. The van der Waals surface area contributed by atoms with Crippen LogP contribution in [-0.4, -0.2) is 30.1 Å².